The van der Waals surface area contributed by atoms with Crippen LogP contribution in [0.3, 0.4) is 0 Å². The van der Waals surface area contributed by atoms with Crippen molar-refractivity contribution in [2.75, 3.05) is 6.61 Å². The van der Waals surface area contributed by atoms with E-state index in [0.29, 0.717) is 17.1 Å². The highest BCUT2D eigenvalue weighted by Gasteiger charge is 2.07. The molecular weight excluding hydrogens is 418 g/mol. The number of nitrogens with zero attached hydrogens (tertiary/aromatic N) is 2. The topological polar surface area (TPSA) is 92.9 Å². The largest absolute Gasteiger partial charge is 0.484 e. The first-order valence-corrected chi connectivity index (χ1v) is 10.2. The van der Waals surface area contributed by atoms with Gasteiger partial charge < -0.3 is 14.4 Å². The Labute approximate surface area is 190 Å². The molecule has 0 bridgehead atoms. The van der Waals surface area contributed by atoms with E-state index in [0.717, 1.165) is 11.1 Å². The van der Waals surface area contributed by atoms with Crippen LogP contribution in [0.4, 0.5) is 0 Å². The Balaban J connectivity index is 1.32. The fraction of sp³-hybridized carbons (Fsp3) is 0.0385. The number of carbonyl (C=O) groups is 2. The molecule has 3 aromatic carbocycles. The van der Waals surface area contributed by atoms with Crippen molar-refractivity contribution in [2.45, 2.75) is 0 Å². The van der Waals surface area contributed by atoms with Gasteiger partial charge in [0.25, 0.3) is 5.91 Å². The molecule has 0 saturated heterocycles. The van der Waals surface area contributed by atoms with Crippen LogP contribution in [0.15, 0.2) is 102 Å². The summed E-state index contributed by atoms with van der Waals surface area (Å²) in [6.07, 6.45) is 3.27. The average Bonchev–Trinajstić information content (AvgIpc) is 3.32. The third-order valence-electron chi connectivity index (χ3n) is 4.87. The van der Waals surface area contributed by atoms with Gasteiger partial charge >= 0.3 is 5.97 Å². The number of ether oxygens (including phenoxy) is 1. The summed E-state index contributed by atoms with van der Waals surface area (Å²) >= 11 is 0. The predicted molar refractivity (Wildman–Crippen MR) is 126 cm³/mol. The van der Waals surface area contributed by atoms with Gasteiger partial charge in [0.15, 0.2) is 6.61 Å². The van der Waals surface area contributed by atoms with Gasteiger partial charge in [0.2, 0.25) is 0 Å². The number of benzene rings is 3. The number of carbonyl (C=O) groups excluding carboxylic acids is 1. The van der Waals surface area contributed by atoms with Crippen LogP contribution < -0.4 is 10.2 Å². The lowest BCUT2D eigenvalue weighted by Gasteiger charge is -2.08. The first kappa shape index (κ1) is 21.6. The Bertz CT molecular complexity index is 1280. The van der Waals surface area contributed by atoms with E-state index in [1.54, 1.807) is 41.1 Å². The van der Waals surface area contributed by atoms with E-state index in [2.05, 4.69) is 10.5 Å². The van der Waals surface area contributed by atoms with Crippen LogP contribution in [0.2, 0.25) is 0 Å². The monoisotopic (exact) mass is 439 g/mol. The van der Waals surface area contributed by atoms with Crippen molar-refractivity contribution in [2.24, 2.45) is 5.10 Å². The van der Waals surface area contributed by atoms with E-state index in [4.69, 9.17) is 4.74 Å². The molecule has 1 amide bonds. The maximum absolute atomic E-state index is 12.1. The molecule has 7 nitrogen and oxygen atoms in total. The molecule has 0 radical (unpaired) electrons. The molecule has 0 aliphatic heterocycles. The number of hydrogen-bond acceptors (Lipinski definition) is 4. The molecule has 0 unspecified atom stereocenters. The molecule has 4 aromatic rings. The van der Waals surface area contributed by atoms with Gasteiger partial charge in [-0.1, -0.05) is 48.5 Å². The highest BCUT2D eigenvalue weighted by molar-refractivity contribution is 5.88. The minimum Gasteiger partial charge on any atom is -0.484 e. The number of aromatic nitrogens is 1. The van der Waals surface area contributed by atoms with Crippen LogP contribution >= 0.6 is 0 Å². The van der Waals surface area contributed by atoms with E-state index in [-0.39, 0.29) is 12.2 Å². The van der Waals surface area contributed by atoms with Crippen molar-refractivity contribution >= 4 is 18.1 Å². The first-order chi connectivity index (χ1) is 16.1. The summed E-state index contributed by atoms with van der Waals surface area (Å²) < 4.78 is 7.30. The van der Waals surface area contributed by atoms with Crippen molar-refractivity contribution in [3.63, 3.8) is 0 Å². The van der Waals surface area contributed by atoms with E-state index >= 15 is 0 Å². The number of carboxylic acid groups (broad SMARTS) is 1. The zero-order chi connectivity index (χ0) is 23.0. The summed E-state index contributed by atoms with van der Waals surface area (Å²) in [5, 5.41) is 13.2. The molecule has 0 fully saturated rings. The molecule has 0 atom stereocenters. The van der Waals surface area contributed by atoms with Crippen molar-refractivity contribution < 1.29 is 19.4 Å². The maximum Gasteiger partial charge on any atom is 0.335 e. The second-order valence-electron chi connectivity index (χ2n) is 7.13. The number of nitrogens with one attached hydrogen (secondary N) is 1. The number of hydrazone groups is 1. The summed E-state index contributed by atoms with van der Waals surface area (Å²) in [4.78, 5) is 23.3. The predicted octanol–water partition coefficient (Wildman–Crippen LogP) is 4.37. The fourth-order valence-corrected chi connectivity index (χ4v) is 3.25. The number of amides is 1. The molecule has 1 aromatic heterocycles. The summed E-state index contributed by atoms with van der Waals surface area (Å²) in [5.41, 5.74) is 6.14. The second kappa shape index (κ2) is 10.1. The van der Waals surface area contributed by atoms with Gasteiger partial charge in [-0.05, 0) is 53.6 Å². The van der Waals surface area contributed by atoms with E-state index in [1.165, 1.54) is 12.3 Å². The standard InChI is InChI=1S/C26H21N3O4/c30-25(18-33-24-13-11-20(12-14-24)19-6-2-1-3-7-19)28-27-17-23-10-5-15-29(23)22-9-4-8-21(16-22)26(31)32/h1-17H,18H2,(H,28,30)(H,31,32)/b27-17-. The molecule has 164 valence electrons. The Hall–Kier alpha value is -4.65. The second-order valence-corrected chi connectivity index (χ2v) is 7.13. The molecule has 33 heavy (non-hydrogen) atoms. The van der Waals surface area contributed by atoms with Crippen LogP contribution in [0.5, 0.6) is 5.75 Å². The zero-order valence-electron chi connectivity index (χ0n) is 17.6. The summed E-state index contributed by atoms with van der Waals surface area (Å²) in [6, 6.07) is 27.7. The third-order valence-corrected chi connectivity index (χ3v) is 4.87. The van der Waals surface area contributed by atoms with E-state index < -0.39 is 11.9 Å². The van der Waals surface area contributed by atoms with Gasteiger partial charge in [-0.25, -0.2) is 10.2 Å². The van der Waals surface area contributed by atoms with Crippen LogP contribution in [0, 0.1) is 0 Å². The normalized spacial score (nSPS) is 10.8. The van der Waals surface area contributed by atoms with Crippen LogP contribution in [0.25, 0.3) is 16.8 Å². The zero-order valence-corrected chi connectivity index (χ0v) is 17.6. The highest BCUT2D eigenvalue weighted by Crippen LogP contribution is 2.22. The molecule has 4 rings (SSSR count). The van der Waals surface area contributed by atoms with Crippen LogP contribution in [0.1, 0.15) is 16.1 Å². The van der Waals surface area contributed by atoms with Gasteiger partial charge in [-0.15, -0.1) is 0 Å². The number of rotatable bonds is 8. The molecule has 0 aliphatic rings. The van der Waals surface area contributed by atoms with E-state index in [9.17, 15) is 14.7 Å². The van der Waals surface area contributed by atoms with Gasteiger partial charge in [0, 0.05) is 11.9 Å². The lowest BCUT2D eigenvalue weighted by atomic mass is 10.1. The molecule has 2 N–H and O–H groups in total. The van der Waals surface area contributed by atoms with Crippen LogP contribution in [-0.2, 0) is 4.79 Å². The summed E-state index contributed by atoms with van der Waals surface area (Å²) in [6.45, 7) is -0.177. The van der Waals surface area contributed by atoms with Gasteiger partial charge in [0.05, 0.1) is 17.5 Å². The fourth-order valence-electron chi connectivity index (χ4n) is 3.25. The Morgan fingerprint density at radius 1 is 0.909 bits per heavy atom. The van der Waals surface area contributed by atoms with Gasteiger partial charge in [-0.2, -0.15) is 5.10 Å². The molecule has 0 aliphatic carbocycles. The minimum absolute atomic E-state index is 0.177. The van der Waals surface area contributed by atoms with Crippen molar-refractivity contribution in [3.05, 3.63) is 108 Å². The Morgan fingerprint density at radius 3 is 2.42 bits per heavy atom. The van der Waals surface area contributed by atoms with Crippen molar-refractivity contribution in [1.82, 2.24) is 9.99 Å². The Kier molecular flexibility index (Phi) is 6.61. The smallest absolute Gasteiger partial charge is 0.335 e. The van der Waals surface area contributed by atoms with Crippen molar-refractivity contribution in [3.8, 4) is 22.6 Å². The lowest BCUT2D eigenvalue weighted by Crippen LogP contribution is -2.24. The molecule has 7 heteroatoms. The maximum atomic E-state index is 12.1. The Morgan fingerprint density at radius 2 is 1.67 bits per heavy atom. The molecular formula is C26H21N3O4. The third kappa shape index (κ3) is 5.54. The minimum atomic E-state index is -0.999. The van der Waals surface area contributed by atoms with E-state index in [1.807, 2.05) is 54.6 Å². The molecule has 1 heterocycles. The van der Waals surface area contributed by atoms with Crippen LogP contribution in [-0.4, -0.2) is 34.4 Å². The molecule has 0 spiro atoms. The number of carboxylic acids is 1. The summed E-state index contributed by atoms with van der Waals surface area (Å²) in [5.74, 6) is -0.813. The number of aromatic carboxylic acids is 1. The number of hydrogen-bond donors (Lipinski definition) is 2. The van der Waals surface area contributed by atoms with Crippen molar-refractivity contribution in [1.29, 1.82) is 0 Å². The quantitative estimate of drug-likeness (QED) is 0.315. The van der Waals surface area contributed by atoms with Gasteiger partial charge in [-0.3, -0.25) is 4.79 Å². The lowest BCUT2D eigenvalue weighted by molar-refractivity contribution is -0.123. The highest BCUT2D eigenvalue weighted by atomic mass is 16.5. The first-order valence-electron chi connectivity index (χ1n) is 10.2. The van der Waals surface area contributed by atoms with Gasteiger partial charge in [0.1, 0.15) is 5.75 Å². The molecule has 0 saturated carbocycles. The average molecular weight is 439 g/mol. The summed E-state index contributed by atoms with van der Waals surface area (Å²) in [7, 11) is 0. The SMILES string of the molecule is O=C(COc1ccc(-c2ccccc2)cc1)N/N=C\c1cccn1-c1cccc(C(=O)O)c1.